The molecular formula is C6H9NO2S2. The van der Waals surface area contributed by atoms with Gasteiger partial charge in [-0.05, 0) is 29.4 Å². The molecule has 5 heteroatoms. The summed E-state index contributed by atoms with van der Waals surface area (Å²) in [6.07, 6.45) is 0. The van der Waals surface area contributed by atoms with Crippen molar-refractivity contribution in [3.63, 3.8) is 0 Å². The summed E-state index contributed by atoms with van der Waals surface area (Å²) in [6, 6.07) is 1.81. The number of rotatable bonds is 3. The minimum absolute atomic E-state index is 0.0764. The highest BCUT2D eigenvalue weighted by molar-refractivity contribution is 7.88. The summed E-state index contributed by atoms with van der Waals surface area (Å²) in [4.78, 5) is 0. The smallest absolute Gasteiger partial charge is 0.215 e. The summed E-state index contributed by atoms with van der Waals surface area (Å²) in [6.45, 7) is 0. The molecule has 0 unspecified atom stereocenters. The second-order valence-corrected chi connectivity index (χ2v) is 4.80. The Kier molecular flexibility index (Phi) is 2.64. The van der Waals surface area contributed by atoms with Gasteiger partial charge < -0.3 is 0 Å². The normalized spacial score (nSPS) is 11.7. The van der Waals surface area contributed by atoms with E-state index in [0.29, 0.717) is 0 Å². The van der Waals surface area contributed by atoms with E-state index in [-0.39, 0.29) is 5.75 Å². The molecule has 0 bridgehead atoms. The van der Waals surface area contributed by atoms with Crippen molar-refractivity contribution >= 4 is 21.4 Å². The summed E-state index contributed by atoms with van der Waals surface area (Å²) in [5.74, 6) is 0.0764. The van der Waals surface area contributed by atoms with Gasteiger partial charge in [0.1, 0.15) is 0 Å². The van der Waals surface area contributed by atoms with E-state index in [4.69, 9.17) is 0 Å². The number of hydrogen-bond acceptors (Lipinski definition) is 3. The maximum absolute atomic E-state index is 11.0. The van der Waals surface area contributed by atoms with Gasteiger partial charge in [0, 0.05) is 0 Å². The molecule has 0 spiro atoms. The highest BCUT2D eigenvalue weighted by atomic mass is 32.2. The maximum atomic E-state index is 11.0. The van der Waals surface area contributed by atoms with Crippen LogP contribution in [0.5, 0.6) is 0 Å². The van der Waals surface area contributed by atoms with Crippen molar-refractivity contribution in [2.75, 3.05) is 7.05 Å². The molecule has 1 rings (SSSR count). The average Bonchev–Trinajstić information content (AvgIpc) is 2.39. The van der Waals surface area contributed by atoms with Crippen LogP contribution in [-0.2, 0) is 15.8 Å². The van der Waals surface area contributed by atoms with Gasteiger partial charge in [0.15, 0.2) is 0 Å². The second-order valence-electron chi connectivity index (χ2n) is 2.09. The summed E-state index contributed by atoms with van der Waals surface area (Å²) < 4.78 is 24.2. The van der Waals surface area contributed by atoms with E-state index >= 15 is 0 Å². The zero-order valence-electron chi connectivity index (χ0n) is 6.07. The van der Waals surface area contributed by atoms with Crippen LogP contribution in [0.1, 0.15) is 5.56 Å². The van der Waals surface area contributed by atoms with Crippen molar-refractivity contribution in [1.82, 2.24) is 4.72 Å². The van der Waals surface area contributed by atoms with Gasteiger partial charge in [-0.15, -0.1) is 0 Å². The first-order chi connectivity index (χ1) is 5.14. The van der Waals surface area contributed by atoms with Crippen molar-refractivity contribution in [2.24, 2.45) is 0 Å². The van der Waals surface area contributed by atoms with Crippen molar-refractivity contribution in [2.45, 2.75) is 5.75 Å². The third kappa shape index (κ3) is 2.61. The monoisotopic (exact) mass is 191 g/mol. The fraction of sp³-hybridized carbons (Fsp3) is 0.333. The second kappa shape index (κ2) is 3.34. The molecule has 0 aromatic carbocycles. The predicted octanol–water partition coefficient (Wildman–Crippen LogP) is 0.797. The van der Waals surface area contributed by atoms with E-state index in [0.717, 1.165) is 5.56 Å². The van der Waals surface area contributed by atoms with Gasteiger partial charge in [0.2, 0.25) is 10.0 Å². The molecule has 0 amide bonds. The lowest BCUT2D eigenvalue weighted by molar-refractivity contribution is 0.587. The van der Waals surface area contributed by atoms with Gasteiger partial charge in [0.25, 0.3) is 0 Å². The summed E-state index contributed by atoms with van der Waals surface area (Å²) >= 11 is 1.50. The van der Waals surface area contributed by atoms with Gasteiger partial charge in [-0.2, -0.15) is 11.3 Å². The van der Waals surface area contributed by atoms with Crippen molar-refractivity contribution in [1.29, 1.82) is 0 Å². The first-order valence-electron chi connectivity index (χ1n) is 3.06. The van der Waals surface area contributed by atoms with Crippen LogP contribution in [0.4, 0.5) is 0 Å². The van der Waals surface area contributed by atoms with E-state index in [9.17, 15) is 8.42 Å². The zero-order chi connectivity index (χ0) is 8.32. The van der Waals surface area contributed by atoms with Gasteiger partial charge in [-0.25, -0.2) is 13.1 Å². The fourth-order valence-electron chi connectivity index (χ4n) is 0.666. The minimum atomic E-state index is -3.09. The molecule has 1 heterocycles. The molecule has 0 radical (unpaired) electrons. The summed E-state index contributed by atoms with van der Waals surface area (Å²) in [7, 11) is -1.67. The first kappa shape index (κ1) is 8.70. The molecule has 0 atom stereocenters. The van der Waals surface area contributed by atoms with Crippen LogP contribution in [-0.4, -0.2) is 15.5 Å². The van der Waals surface area contributed by atoms with E-state index in [1.165, 1.54) is 18.4 Å². The molecule has 0 aliphatic carbocycles. The SMILES string of the molecule is CNS(=O)(=O)Cc1ccsc1. The quantitative estimate of drug-likeness (QED) is 0.768. The van der Waals surface area contributed by atoms with Crippen molar-refractivity contribution < 1.29 is 8.42 Å². The van der Waals surface area contributed by atoms with Gasteiger partial charge in [-0.3, -0.25) is 0 Å². The Bertz CT molecular complexity index is 301. The minimum Gasteiger partial charge on any atom is -0.218 e. The molecule has 62 valence electrons. The van der Waals surface area contributed by atoms with Crippen LogP contribution in [0.2, 0.25) is 0 Å². The Morgan fingerprint density at radius 3 is 2.82 bits per heavy atom. The predicted molar refractivity (Wildman–Crippen MR) is 46.0 cm³/mol. The summed E-state index contributed by atoms with van der Waals surface area (Å²) in [5.41, 5.74) is 0.837. The van der Waals surface area contributed by atoms with Crippen LogP contribution < -0.4 is 4.72 Å². The summed E-state index contributed by atoms with van der Waals surface area (Å²) in [5, 5.41) is 3.69. The van der Waals surface area contributed by atoms with Gasteiger partial charge >= 0.3 is 0 Å². The first-order valence-corrected chi connectivity index (χ1v) is 5.66. The van der Waals surface area contributed by atoms with E-state index in [2.05, 4.69) is 4.72 Å². The molecule has 3 nitrogen and oxygen atoms in total. The largest absolute Gasteiger partial charge is 0.218 e. The van der Waals surface area contributed by atoms with Gasteiger partial charge in [0.05, 0.1) is 5.75 Å². The lowest BCUT2D eigenvalue weighted by atomic mass is 10.4. The Morgan fingerprint density at radius 1 is 1.64 bits per heavy atom. The third-order valence-corrected chi connectivity index (χ3v) is 3.32. The Hall–Kier alpha value is -0.390. The molecule has 0 saturated carbocycles. The topological polar surface area (TPSA) is 46.2 Å². The molecular weight excluding hydrogens is 182 g/mol. The van der Waals surface area contributed by atoms with E-state index < -0.39 is 10.0 Å². The highest BCUT2D eigenvalue weighted by Gasteiger charge is 2.07. The van der Waals surface area contributed by atoms with Crippen LogP contribution in [0.25, 0.3) is 0 Å². The van der Waals surface area contributed by atoms with Crippen LogP contribution in [0.15, 0.2) is 16.8 Å². The standard InChI is InChI=1S/C6H9NO2S2/c1-7-11(8,9)5-6-2-3-10-4-6/h2-4,7H,5H2,1H3. The molecule has 1 aromatic heterocycles. The zero-order valence-corrected chi connectivity index (χ0v) is 7.71. The Balaban J connectivity index is 2.72. The Labute approximate surface area is 70.1 Å². The van der Waals surface area contributed by atoms with Crippen molar-refractivity contribution in [3.8, 4) is 0 Å². The average molecular weight is 191 g/mol. The lowest BCUT2D eigenvalue weighted by Crippen LogP contribution is -2.19. The third-order valence-electron chi connectivity index (χ3n) is 1.25. The highest BCUT2D eigenvalue weighted by Crippen LogP contribution is 2.08. The molecule has 0 aliphatic rings. The number of thiophene rings is 1. The lowest BCUT2D eigenvalue weighted by Gasteiger charge is -1.97. The number of nitrogens with one attached hydrogen (secondary N) is 1. The van der Waals surface area contributed by atoms with Crippen LogP contribution in [0.3, 0.4) is 0 Å². The maximum Gasteiger partial charge on any atom is 0.215 e. The molecule has 0 fully saturated rings. The molecule has 0 saturated heterocycles. The molecule has 0 aliphatic heterocycles. The molecule has 11 heavy (non-hydrogen) atoms. The Morgan fingerprint density at radius 2 is 2.36 bits per heavy atom. The van der Waals surface area contributed by atoms with Crippen molar-refractivity contribution in [3.05, 3.63) is 22.4 Å². The van der Waals surface area contributed by atoms with Gasteiger partial charge in [-0.1, -0.05) is 0 Å². The van der Waals surface area contributed by atoms with E-state index in [1.54, 1.807) is 6.07 Å². The fourth-order valence-corrected chi connectivity index (χ4v) is 2.20. The van der Waals surface area contributed by atoms with Crippen LogP contribution >= 0.6 is 11.3 Å². The van der Waals surface area contributed by atoms with Crippen LogP contribution in [0, 0.1) is 0 Å². The van der Waals surface area contributed by atoms with E-state index in [1.807, 2.05) is 10.8 Å². The molecule has 1 N–H and O–H groups in total. The number of hydrogen-bond donors (Lipinski definition) is 1. The number of sulfonamides is 1. The molecule has 1 aromatic rings.